The summed E-state index contributed by atoms with van der Waals surface area (Å²) in [5, 5.41) is 0. The molecule has 0 aliphatic heterocycles. The van der Waals surface area contributed by atoms with Crippen molar-refractivity contribution >= 4 is 7.82 Å². The monoisotopic (exact) mass is 175 g/mol. The number of phosphoric acid groups is 1. The first kappa shape index (κ1) is 15.6. The molecule has 0 rings (SSSR count). The van der Waals surface area contributed by atoms with Crippen molar-refractivity contribution in [3.8, 4) is 0 Å². The molecular formula is HCuO5P-4. The van der Waals surface area contributed by atoms with Crippen LogP contribution in [0.1, 0.15) is 0 Å². The molecule has 0 saturated carbocycles. The molecule has 0 amide bonds. The van der Waals surface area contributed by atoms with E-state index >= 15 is 0 Å². The van der Waals surface area contributed by atoms with Crippen LogP contribution < -0.4 is 14.7 Å². The van der Waals surface area contributed by atoms with Crippen LogP contribution in [0.3, 0.4) is 0 Å². The van der Waals surface area contributed by atoms with Crippen LogP contribution in [0.15, 0.2) is 0 Å². The Balaban J connectivity index is -0.0000000800. The van der Waals surface area contributed by atoms with E-state index in [0.717, 1.165) is 0 Å². The maximum Gasteiger partial charge on any atom is 0 e. The maximum absolute atomic E-state index is 8.55. The molecule has 0 saturated heterocycles. The SMILES string of the molecule is O=P([O-])([O-])[O-].[Cu].[OH-]. The second-order valence-electron chi connectivity index (χ2n) is 0.447. The fraction of sp³-hybridized carbons (Fsp3) is 0. The Kier molecular flexibility index (Phi) is 10.6. The van der Waals surface area contributed by atoms with Gasteiger partial charge in [0.1, 0.15) is 0 Å². The average Bonchev–Trinajstić information content (AvgIpc) is 0.722. The summed E-state index contributed by atoms with van der Waals surface area (Å²) in [7, 11) is -5.39. The van der Waals surface area contributed by atoms with Gasteiger partial charge in [0.05, 0.1) is 0 Å². The Hall–Kier alpha value is 0.589. The third kappa shape index (κ3) is 399. The van der Waals surface area contributed by atoms with Crippen LogP contribution in [0.2, 0.25) is 0 Å². The third-order valence-electron chi connectivity index (χ3n) is 0. The molecule has 7 heavy (non-hydrogen) atoms. The fourth-order valence-corrected chi connectivity index (χ4v) is 0. The van der Waals surface area contributed by atoms with E-state index in [2.05, 4.69) is 0 Å². The largest absolute Gasteiger partial charge is 0.870 e. The maximum atomic E-state index is 8.55. The zero-order valence-electron chi connectivity index (χ0n) is 2.83. The van der Waals surface area contributed by atoms with Crippen LogP contribution in [0.25, 0.3) is 0 Å². The Bertz CT molecular complexity index is 54.2. The van der Waals surface area contributed by atoms with Crippen LogP contribution >= 0.6 is 7.82 Å². The molecule has 0 fully saturated rings. The molecule has 0 aliphatic rings. The standard InChI is InChI=1S/Cu.H3O4P.H2O/c;1-5(2,3)4;/h;(H3,1,2,3,4);1H2/p-4. The smallest absolute Gasteiger partial charge is 0 e. The van der Waals surface area contributed by atoms with Crippen molar-refractivity contribution in [1.82, 2.24) is 0 Å². The molecule has 0 aliphatic carbocycles. The average molecular weight is 176 g/mol. The van der Waals surface area contributed by atoms with Crippen molar-refractivity contribution in [2.24, 2.45) is 0 Å². The first-order valence-corrected chi connectivity index (χ1v) is 2.19. The summed E-state index contributed by atoms with van der Waals surface area (Å²) in [5.41, 5.74) is 0. The van der Waals surface area contributed by atoms with Gasteiger partial charge in [-0.05, 0) is 0 Å². The van der Waals surface area contributed by atoms with Gasteiger partial charge in [-0.15, -0.1) is 0 Å². The van der Waals surface area contributed by atoms with Crippen molar-refractivity contribution in [3.05, 3.63) is 0 Å². The van der Waals surface area contributed by atoms with Gasteiger partial charge in [-0.2, -0.15) is 7.82 Å². The van der Waals surface area contributed by atoms with E-state index < -0.39 is 7.82 Å². The molecule has 0 spiro atoms. The second kappa shape index (κ2) is 4.74. The molecular weight excluding hydrogens is 175 g/mol. The molecule has 7 heteroatoms. The van der Waals surface area contributed by atoms with E-state index in [4.69, 9.17) is 19.2 Å². The van der Waals surface area contributed by atoms with E-state index in [0.29, 0.717) is 0 Å². The molecule has 1 N–H and O–H groups in total. The first-order chi connectivity index (χ1) is 2.00. The zero-order valence-corrected chi connectivity index (χ0v) is 4.67. The van der Waals surface area contributed by atoms with Gasteiger partial charge in [-0.1, -0.05) is 0 Å². The van der Waals surface area contributed by atoms with Crippen LogP contribution in [-0.4, -0.2) is 5.48 Å². The molecule has 0 atom stereocenters. The number of hydrogen-bond acceptors (Lipinski definition) is 5. The van der Waals surface area contributed by atoms with E-state index in [-0.39, 0.29) is 22.5 Å². The second-order valence-corrected chi connectivity index (χ2v) is 1.34. The molecule has 51 valence electrons. The normalized spacial score (nSPS) is 8.43. The van der Waals surface area contributed by atoms with Crippen molar-refractivity contribution in [2.75, 3.05) is 0 Å². The van der Waals surface area contributed by atoms with Gasteiger partial charge >= 0.3 is 0 Å². The van der Waals surface area contributed by atoms with E-state index in [1.54, 1.807) is 0 Å². The van der Waals surface area contributed by atoms with Gasteiger partial charge < -0.3 is 24.7 Å². The summed E-state index contributed by atoms with van der Waals surface area (Å²) < 4.78 is 8.55. The van der Waals surface area contributed by atoms with E-state index in [1.165, 1.54) is 0 Å². The van der Waals surface area contributed by atoms with Gasteiger partial charge in [-0.3, -0.25) is 0 Å². The van der Waals surface area contributed by atoms with Crippen LogP contribution in [0.4, 0.5) is 0 Å². The van der Waals surface area contributed by atoms with Gasteiger partial charge in [0.2, 0.25) is 0 Å². The summed E-state index contributed by atoms with van der Waals surface area (Å²) in [6.45, 7) is 0. The number of hydrogen-bond donors (Lipinski definition) is 0. The molecule has 0 unspecified atom stereocenters. The topological polar surface area (TPSA) is 116 Å². The zero-order chi connectivity index (χ0) is 4.50. The van der Waals surface area contributed by atoms with Gasteiger partial charge in [0.15, 0.2) is 0 Å². The summed E-state index contributed by atoms with van der Waals surface area (Å²) in [6, 6.07) is 0. The molecule has 0 aromatic carbocycles. The predicted octanol–water partition coefficient (Wildman–Crippen LogP) is -3.00. The van der Waals surface area contributed by atoms with Crippen molar-refractivity contribution in [3.63, 3.8) is 0 Å². The molecule has 0 aromatic heterocycles. The molecule has 0 heterocycles. The van der Waals surface area contributed by atoms with E-state index in [1.807, 2.05) is 0 Å². The Morgan fingerprint density at radius 2 is 1.14 bits per heavy atom. The van der Waals surface area contributed by atoms with Crippen LogP contribution in [-0.2, 0) is 21.6 Å². The minimum absolute atomic E-state index is 0. The Morgan fingerprint density at radius 1 is 1.14 bits per heavy atom. The fourth-order valence-electron chi connectivity index (χ4n) is 0. The van der Waals surface area contributed by atoms with Crippen molar-refractivity contribution in [2.45, 2.75) is 0 Å². The Morgan fingerprint density at radius 3 is 1.14 bits per heavy atom. The minimum atomic E-state index is -5.39. The minimum Gasteiger partial charge on any atom is -0.870 e. The van der Waals surface area contributed by atoms with E-state index in [9.17, 15) is 0 Å². The molecule has 0 bridgehead atoms. The Labute approximate surface area is 50.4 Å². The number of rotatable bonds is 0. The van der Waals surface area contributed by atoms with Gasteiger partial charge in [0, 0.05) is 17.1 Å². The van der Waals surface area contributed by atoms with Gasteiger partial charge in [-0.25, -0.2) is 0 Å². The van der Waals surface area contributed by atoms with Crippen molar-refractivity contribution in [1.29, 1.82) is 0 Å². The summed E-state index contributed by atoms with van der Waals surface area (Å²) >= 11 is 0. The predicted molar refractivity (Wildman–Crippen MR) is 9.54 cm³/mol. The molecule has 0 aromatic rings. The van der Waals surface area contributed by atoms with Gasteiger partial charge in [0.25, 0.3) is 0 Å². The quantitative estimate of drug-likeness (QED) is 0.287. The molecule has 1 radical (unpaired) electrons. The molecule has 5 nitrogen and oxygen atoms in total. The summed E-state index contributed by atoms with van der Waals surface area (Å²) in [5.74, 6) is 0. The van der Waals surface area contributed by atoms with Crippen molar-refractivity contribution < 1.29 is 41.8 Å². The summed E-state index contributed by atoms with van der Waals surface area (Å²) in [6.07, 6.45) is 0. The first-order valence-electron chi connectivity index (χ1n) is 0.730. The third-order valence-corrected chi connectivity index (χ3v) is 0. The van der Waals surface area contributed by atoms with Crippen LogP contribution in [0, 0.1) is 0 Å². The van der Waals surface area contributed by atoms with Crippen LogP contribution in [0.5, 0.6) is 0 Å². The summed E-state index contributed by atoms with van der Waals surface area (Å²) in [4.78, 5) is 25.6.